The standard InChI is InChI=1S/C15H21N3O3/c1-18-10-4-6-12(11-5-2-3-7-13(11)18)17-15(21)16-9-8-14(19)20/h2-3,5,7,12H,4,6,8-10H2,1H3,(H,19,20)(H2,16,17,21). The monoisotopic (exact) mass is 291 g/mol. The van der Waals surface area contributed by atoms with Gasteiger partial charge in [0.2, 0.25) is 0 Å². The van der Waals surface area contributed by atoms with Gasteiger partial charge in [-0.15, -0.1) is 0 Å². The first-order valence-electron chi connectivity index (χ1n) is 7.14. The highest BCUT2D eigenvalue weighted by molar-refractivity contribution is 5.76. The van der Waals surface area contributed by atoms with Crippen molar-refractivity contribution in [2.75, 3.05) is 25.0 Å². The number of carboxylic acids is 1. The quantitative estimate of drug-likeness (QED) is 0.789. The third-order valence-electron chi connectivity index (χ3n) is 3.64. The van der Waals surface area contributed by atoms with Crippen molar-refractivity contribution in [3.05, 3.63) is 29.8 Å². The van der Waals surface area contributed by atoms with Crippen LogP contribution in [0.15, 0.2) is 24.3 Å². The van der Waals surface area contributed by atoms with Gasteiger partial charge in [0.05, 0.1) is 12.5 Å². The minimum Gasteiger partial charge on any atom is -0.481 e. The summed E-state index contributed by atoms with van der Waals surface area (Å²) in [6.45, 7) is 1.09. The third kappa shape index (κ3) is 4.11. The smallest absolute Gasteiger partial charge is 0.315 e. The van der Waals surface area contributed by atoms with Crippen molar-refractivity contribution in [1.82, 2.24) is 10.6 Å². The molecule has 2 amide bonds. The second kappa shape index (κ2) is 6.97. The minimum absolute atomic E-state index is 0.0454. The van der Waals surface area contributed by atoms with Crippen LogP contribution in [-0.2, 0) is 4.79 Å². The van der Waals surface area contributed by atoms with E-state index in [1.165, 1.54) is 0 Å². The van der Waals surface area contributed by atoms with Gasteiger partial charge in [0.1, 0.15) is 0 Å². The fourth-order valence-electron chi connectivity index (χ4n) is 2.58. The molecule has 1 heterocycles. The number of aliphatic carboxylic acids is 1. The van der Waals surface area contributed by atoms with Gasteiger partial charge >= 0.3 is 12.0 Å². The van der Waals surface area contributed by atoms with Crippen molar-refractivity contribution in [3.8, 4) is 0 Å². The molecule has 1 aliphatic rings. The van der Waals surface area contributed by atoms with Crippen LogP contribution in [0.3, 0.4) is 0 Å². The molecule has 0 saturated heterocycles. The topological polar surface area (TPSA) is 81.7 Å². The number of rotatable bonds is 4. The fraction of sp³-hybridized carbons (Fsp3) is 0.467. The SMILES string of the molecule is CN1CCCC(NC(=O)NCCC(=O)O)c2ccccc21. The number of nitrogens with zero attached hydrogens (tertiary/aromatic N) is 1. The van der Waals surface area contributed by atoms with Gasteiger partial charge in [-0.2, -0.15) is 0 Å². The summed E-state index contributed by atoms with van der Waals surface area (Å²) < 4.78 is 0. The van der Waals surface area contributed by atoms with Crippen LogP contribution in [0.5, 0.6) is 0 Å². The molecular formula is C15H21N3O3. The zero-order chi connectivity index (χ0) is 15.2. The highest BCUT2D eigenvalue weighted by Gasteiger charge is 2.22. The maximum atomic E-state index is 11.9. The van der Waals surface area contributed by atoms with Crippen LogP contribution in [0.25, 0.3) is 0 Å². The molecule has 0 saturated carbocycles. The molecule has 1 unspecified atom stereocenters. The van der Waals surface area contributed by atoms with E-state index in [0.717, 1.165) is 30.6 Å². The highest BCUT2D eigenvalue weighted by Crippen LogP contribution is 2.31. The summed E-state index contributed by atoms with van der Waals surface area (Å²) in [5, 5.41) is 14.1. The molecule has 2 rings (SSSR count). The van der Waals surface area contributed by atoms with Gasteiger partial charge in [-0.1, -0.05) is 18.2 Å². The van der Waals surface area contributed by atoms with Gasteiger partial charge in [-0.05, 0) is 24.5 Å². The number of fused-ring (bicyclic) bond motifs is 1. The molecule has 1 atom stereocenters. The van der Waals surface area contributed by atoms with E-state index in [0.29, 0.717) is 0 Å². The summed E-state index contributed by atoms with van der Waals surface area (Å²) >= 11 is 0. The van der Waals surface area contributed by atoms with Crippen LogP contribution < -0.4 is 15.5 Å². The molecule has 0 spiro atoms. The minimum atomic E-state index is -0.920. The Hall–Kier alpha value is -2.24. The molecule has 6 heteroatoms. The Labute approximate surface area is 124 Å². The summed E-state index contributed by atoms with van der Waals surface area (Å²) in [6.07, 6.45) is 1.79. The first-order valence-corrected chi connectivity index (χ1v) is 7.14. The summed E-state index contributed by atoms with van der Waals surface area (Å²) in [4.78, 5) is 24.5. The van der Waals surface area contributed by atoms with Gasteiger partial charge in [0, 0.05) is 25.8 Å². The van der Waals surface area contributed by atoms with E-state index in [4.69, 9.17) is 5.11 Å². The Bertz CT molecular complexity index is 519. The Morgan fingerprint density at radius 1 is 1.38 bits per heavy atom. The van der Waals surface area contributed by atoms with Crippen molar-refractivity contribution in [1.29, 1.82) is 0 Å². The van der Waals surface area contributed by atoms with E-state index >= 15 is 0 Å². The summed E-state index contributed by atoms with van der Waals surface area (Å²) in [5.41, 5.74) is 2.23. The van der Waals surface area contributed by atoms with Gasteiger partial charge in [-0.25, -0.2) is 4.79 Å². The number of nitrogens with one attached hydrogen (secondary N) is 2. The Morgan fingerprint density at radius 2 is 2.14 bits per heavy atom. The Balaban J connectivity index is 2.01. The fourth-order valence-corrected chi connectivity index (χ4v) is 2.58. The lowest BCUT2D eigenvalue weighted by Crippen LogP contribution is -2.38. The van der Waals surface area contributed by atoms with Crippen LogP contribution in [0.1, 0.15) is 30.9 Å². The Kier molecular flexibility index (Phi) is 5.03. The largest absolute Gasteiger partial charge is 0.481 e. The number of hydrogen-bond donors (Lipinski definition) is 3. The van der Waals surface area contributed by atoms with Gasteiger partial charge in [0.15, 0.2) is 0 Å². The number of anilines is 1. The lowest BCUT2D eigenvalue weighted by molar-refractivity contribution is -0.136. The number of carbonyl (C=O) groups excluding carboxylic acids is 1. The zero-order valence-corrected chi connectivity index (χ0v) is 12.1. The zero-order valence-electron chi connectivity index (χ0n) is 12.1. The lowest BCUT2D eigenvalue weighted by Gasteiger charge is -2.22. The molecular weight excluding hydrogens is 270 g/mol. The van der Waals surface area contributed by atoms with E-state index in [2.05, 4.69) is 21.6 Å². The van der Waals surface area contributed by atoms with Crippen LogP contribution >= 0.6 is 0 Å². The average Bonchev–Trinajstić information content (AvgIpc) is 2.59. The van der Waals surface area contributed by atoms with Crippen molar-refractivity contribution >= 4 is 17.7 Å². The molecule has 1 aromatic carbocycles. The normalized spacial score (nSPS) is 17.6. The van der Waals surface area contributed by atoms with Gasteiger partial charge in [0.25, 0.3) is 0 Å². The molecule has 21 heavy (non-hydrogen) atoms. The summed E-state index contributed by atoms with van der Waals surface area (Å²) in [5.74, 6) is -0.920. The molecule has 114 valence electrons. The van der Waals surface area contributed by atoms with Crippen molar-refractivity contribution < 1.29 is 14.7 Å². The molecule has 3 N–H and O–H groups in total. The van der Waals surface area contributed by atoms with Crippen LogP contribution in [0, 0.1) is 0 Å². The van der Waals surface area contributed by atoms with Crippen LogP contribution in [0.4, 0.5) is 10.5 Å². The maximum Gasteiger partial charge on any atom is 0.315 e. The van der Waals surface area contributed by atoms with E-state index in [1.54, 1.807) is 0 Å². The van der Waals surface area contributed by atoms with E-state index < -0.39 is 5.97 Å². The first-order chi connectivity index (χ1) is 10.1. The number of benzene rings is 1. The van der Waals surface area contributed by atoms with E-state index in [-0.39, 0.29) is 25.0 Å². The van der Waals surface area contributed by atoms with Crippen LogP contribution in [-0.4, -0.2) is 37.2 Å². The number of hydrogen-bond acceptors (Lipinski definition) is 3. The van der Waals surface area contributed by atoms with E-state index in [1.807, 2.05) is 25.2 Å². The van der Waals surface area contributed by atoms with Crippen molar-refractivity contribution in [2.24, 2.45) is 0 Å². The van der Waals surface area contributed by atoms with E-state index in [9.17, 15) is 9.59 Å². The first kappa shape index (κ1) is 15.2. The van der Waals surface area contributed by atoms with Gasteiger partial charge in [-0.3, -0.25) is 4.79 Å². The number of carboxylic acid groups (broad SMARTS) is 1. The second-order valence-corrected chi connectivity index (χ2v) is 5.22. The molecule has 0 aromatic heterocycles. The summed E-state index contributed by atoms with van der Waals surface area (Å²) in [6, 6.07) is 7.67. The molecule has 1 aliphatic heterocycles. The predicted octanol–water partition coefficient (Wildman–Crippen LogP) is 1.73. The lowest BCUT2D eigenvalue weighted by atomic mass is 10.0. The molecule has 0 bridgehead atoms. The van der Waals surface area contributed by atoms with Crippen LogP contribution in [0.2, 0.25) is 0 Å². The maximum absolute atomic E-state index is 11.9. The van der Waals surface area contributed by atoms with Crippen molar-refractivity contribution in [2.45, 2.75) is 25.3 Å². The molecule has 0 radical (unpaired) electrons. The second-order valence-electron chi connectivity index (χ2n) is 5.22. The molecule has 0 fully saturated rings. The molecule has 1 aromatic rings. The third-order valence-corrected chi connectivity index (χ3v) is 3.64. The van der Waals surface area contributed by atoms with Gasteiger partial charge < -0.3 is 20.6 Å². The summed E-state index contributed by atoms with van der Waals surface area (Å²) in [7, 11) is 2.05. The number of carbonyl (C=O) groups is 2. The predicted molar refractivity (Wildman–Crippen MR) is 80.5 cm³/mol. The number of urea groups is 1. The number of amides is 2. The molecule has 0 aliphatic carbocycles. The highest BCUT2D eigenvalue weighted by atomic mass is 16.4. The molecule has 6 nitrogen and oxygen atoms in total. The Morgan fingerprint density at radius 3 is 2.90 bits per heavy atom. The number of para-hydroxylation sites is 1. The average molecular weight is 291 g/mol. The van der Waals surface area contributed by atoms with Crippen molar-refractivity contribution in [3.63, 3.8) is 0 Å².